The molecule has 0 fully saturated rings. The molecule has 0 saturated heterocycles. The third-order valence-corrected chi connectivity index (χ3v) is 3.28. The van der Waals surface area contributed by atoms with E-state index in [2.05, 4.69) is 5.32 Å². The molecule has 1 N–H and O–H groups in total. The van der Waals surface area contributed by atoms with Gasteiger partial charge in [-0.05, 0) is 54.8 Å². The standard InChI is InChI=1S/C18H20FNO3/c1-22-17-6-2-4-14(12-17)5-3-11-20-18(21)13-23-16-9-7-15(19)8-10-16/h2,4,6-10,12H,3,5,11,13H2,1H3,(H,20,21). The normalized spacial score (nSPS) is 10.2. The van der Waals surface area contributed by atoms with Crippen molar-refractivity contribution in [1.29, 1.82) is 0 Å². The fourth-order valence-electron chi connectivity index (χ4n) is 2.08. The Morgan fingerprint density at radius 1 is 1.13 bits per heavy atom. The van der Waals surface area contributed by atoms with Crippen molar-refractivity contribution in [3.05, 3.63) is 59.9 Å². The summed E-state index contributed by atoms with van der Waals surface area (Å²) in [5.74, 6) is 0.775. The maximum atomic E-state index is 12.7. The molecule has 0 aliphatic heterocycles. The Kier molecular flexibility index (Phi) is 6.41. The number of halogens is 1. The minimum atomic E-state index is -0.334. The monoisotopic (exact) mass is 317 g/mol. The first kappa shape index (κ1) is 16.8. The van der Waals surface area contributed by atoms with Crippen molar-refractivity contribution < 1.29 is 18.7 Å². The van der Waals surface area contributed by atoms with Crippen LogP contribution in [0.3, 0.4) is 0 Å². The van der Waals surface area contributed by atoms with Crippen molar-refractivity contribution in [1.82, 2.24) is 5.32 Å². The molecule has 23 heavy (non-hydrogen) atoms. The van der Waals surface area contributed by atoms with Crippen molar-refractivity contribution in [2.45, 2.75) is 12.8 Å². The van der Waals surface area contributed by atoms with Crippen LogP contribution in [0.1, 0.15) is 12.0 Å². The highest BCUT2D eigenvalue weighted by atomic mass is 19.1. The van der Waals surface area contributed by atoms with Crippen LogP contribution < -0.4 is 14.8 Å². The lowest BCUT2D eigenvalue weighted by Crippen LogP contribution is -2.29. The summed E-state index contributed by atoms with van der Waals surface area (Å²) in [4.78, 5) is 11.7. The van der Waals surface area contributed by atoms with Crippen LogP contribution in [-0.2, 0) is 11.2 Å². The highest BCUT2D eigenvalue weighted by Gasteiger charge is 2.03. The summed E-state index contributed by atoms with van der Waals surface area (Å²) in [5, 5.41) is 2.79. The molecule has 0 aliphatic carbocycles. The van der Waals surface area contributed by atoms with Crippen LogP contribution in [0.15, 0.2) is 48.5 Å². The molecule has 1 amide bonds. The minimum absolute atomic E-state index is 0.0786. The number of carbonyl (C=O) groups is 1. The molecule has 122 valence electrons. The fraction of sp³-hybridized carbons (Fsp3) is 0.278. The maximum absolute atomic E-state index is 12.7. The van der Waals surface area contributed by atoms with Gasteiger partial charge in [-0.3, -0.25) is 4.79 Å². The van der Waals surface area contributed by atoms with Crippen molar-refractivity contribution in [3.8, 4) is 11.5 Å². The molecular formula is C18H20FNO3. The number of methoxy groups -OCH3 is 1. The van der Waals surface area contributed by atoms with Gasteiger partial charge in [0.1, 0.15) is 17.3 Å². The molecule has 0 bridgehead atoms. The quantitative estimate of drug-likeness (QED) is 0.762. The zero-order chi connectivity index (χ0) is 16.5. The summed E-state index contributed by atoms with van der Waals surface area (Å²) < 4.78 is 23.2. The van der Waals surface area contributed by atoms with Gasteiger partial charge >= 0.3 is 0 Å². The highest BCUT2D eigenvalue weighted by Crippen LogP contribution is 2.13. The second-order valence-corrected chi connectivity index (χ2v) is 5.05. The maximum Gasteiger partial charge on any atom is 0.257 e. The molecule has 0 spiro atoms. The number of aryl methyl sites for hydroxylation is 1. The number of rotatable bonds is 8. The van der Waals surface area contributed by atoms with Crippen LogP contribution in [-0.4, -0.2) is 26.2 Å². The van der Waals surface area contributed by atoms with Crippen LogP contribution in [0.2, 0.25) is 0 Å². The minimum Gasteiger partial charge on any atom is -0.497 e. The van der Waals surface area contributed by atoms with E-state index in [0.29, 0.717) is 12.3 Å². The first-order chi connectivity index (χ1) is 11.2. The van der Waals surface area contributed by atoms with Gasteiger partial charge in [-0.1, -0.05) is 12.1 Å². The number of hydrogen-bond acceptors (Lipinski definition) is 3. The molecule has 0 unspecified atom stereocenters. The molecule has 4 nitrogen and oxygen atoms in total. The topological polar surface area (TPSA) is 47.6 Å². The largest absolute Gasteiger partial charge is 0.497 e. The van der Waals surface area contributed by atoms with Crippen LogP contribution in [0.4, 0.5) is 4.39 Å². The molecule has 0 saturated carbocycles. The lowest BCUT2D eigenvalue weighted by molar-refractivity contribution is -0.123. The van der Waals surface area contributed by atoms with E-state index < -0.39 is 0 Å². The number of ether oxygens (including phenoxy) is 2. The van der Waals surface area contributed by atoms with Crippen molar-refractivity contribution in [2.24, 2.45) is 0 Å². The summed E-state index contributed by atoms with van der Waals surface area (Å²) in [7, 11) is 1.64. The Morgan fingerprint density at radius 2 is 1.91 bits per heavy atom. The molecule has 0 atom stereocenters. The Hall–Kier alpha value is -2.56. The van der Waals surface area contributed by atoms with Crippen LogP contribution in [0, 0.1) is 5.82 Å². The zero-order valence-corrected chi connectivity index (χ0v) is 13.0. The SMILES string of the molecule is COc1cccc(CCCNC(=O)COc2ccc(F)cc2)c1. The smallest absolute Gasteiger partial charge is 0.257 e. The summed E-state index contributed by atoms with van der Waals surface area (Å²) in [6.45, 7) is 0.494. The van der Waals surface area contributed by atoms with E-state index in [4.69, 9.17) is 9.47 Å². The molecule has 0 heterocycles. The Balaban J connectivity index is 1.63. The van der Waals surface area contributed by atoms with Crippen molar-refractivity contribution in [2.75, 3.05) is 20.3 Å². The third kappa shape index (κ3) is 5.98. The third-order valence-electron chi connectivity index (χ3n) is 3.28. The van der Waals surface area contributed by atoms with Crippen molar-refractivity contribution in [3.63, 3.8) is 0 Å². The molecule has 0 radical (unpaired) electrons. The number of nitrogens with one attached hydrogen (secondary N) is 1. The van der Waals surface area contributed by atoms with Gasteiger partial charge in [0.15, 0.2) is 6.61 Å². The number of amides is 1. The van der Waals surface area contributed by atoms with E-state index in [0.717, 1.165) is 18.6 Å². The molecule has 2 aromatic carbocycles. The van der Waals surface area contributed by atoms with Gasteiger partial charge in [0.05, 0.1) is 7.11 Å². The van der Waals surface area contributed by atoms with E-state index >= 15 is 0 Å². The fourth-order valence-corrected chi connectivity index (χ4v) is 2.08. The van der Waals surface area contributed by atoms with Gasteiger partial charge in [-0.2, -0.15) is 0 Å². The van der Waals surface area contributed by atoms with Crippen LogP contribution in [0.25, 0.3) is 0 Å². The molecule has 0 aromatic heterocycles. The van der Waals surface area contributed by atoms with E-state index in [1.54, 1.807) is 7.11 Å². The summed E-state index contributed by atoms with van der Waals surface area (Å²) in [6, 6.07) is 13.4. The highest BCUT2D eigenvalue weighted by molar-refractivity contribution is 5.77. The second-order valence-electron chi connectivity index (χ2n) is 5.05. The van der Waals surface area contributed by atoms with E-state index in [-0.39, 0.29) is 18.3 Å². The Bertz CT molecular complexity index is 628. The molecular weight excluding hydrogens is 297 g/mol. The summed E-state index contributed by atoms with van der Waals surface area (Å²) in [5.41, 5.74) is 1.17. The molecule has 0 aliphatic rings. The first-order valence-corrected chi connectivity index (χ1v) is 7.45. The number of benzene rings is 2. The number of hydrogen-bond donors (Lipinski definition) is 1. The molecule has 2 rings (SSSR count). The summed E-state index contributed by atoms with van der Waals surface area (Å²) in [6.07, 6.45) is 1.69. The van der Waals surface area contributed by atoms with Gasteiger partial charge in [-0.15, -0.1) is 0 Å². The Labute approximate surface area is 135 Å². The first-order valence-electron chi connectivity index (χ1n) is 7.45. The van der Waals surface area contributed by atoms with Crippen molar-refractivity contribution >= 4 is 5.91 Å². The Morgan fingerprint density at radius 3 is 2.65 bits per heavy atom. The van der Waals surface area contributed by atoms with Crippen LogP contribution >= 0.6 is 0 Å². The molecule has 2 aromatic rings. The van der Waals surface area contributed by atoms with Crippen LogP contribution in [0.5, 0.6) is 11.5 Å². The number of carbonyl (C=O) groups excluding carboxylic acids is 1. The van der Waals surface area contributed by atoms with E-state index in [9.17, 15) is 9.18 Å². The average molecular weight is 317 g/mol. The summed E-state index contributed by atoms with van der Waals surface area (Å²) >= 11 is 0. The van der Waals surface area contributed by atoms with Gasteiger partial charge in [0.25, 0.3) is 5.91 Å². The lowest BCUT2D eigenvalue weighted by Gasteiger charge is -2.08. The zero-order valence-electron chi connectivity index (χ0n) is 13.0. The lowest BCUT2D eigenvalue weighted by atomic mass is 10.1. The second kappa shape index (κ2) is 8.78. The predicted octanol–water partition coefficient (Wildman–Crippen LogP) is 2.96. The van der Waals surface area contributed by atoms with Gasteiger partial charge in [0, 0.05) is 6.54 Å². The average Bonchev–Trinajstić information content (AvgIpc) is 2.58. The van der Waals surface area contributed by atoms with Gasteiger partial charge < -0.3 is 14.8 Å². The van der Waals surface area contributed by atoms with Gasteiger partial charge in [-0.25, -0.2) is 4.39 Å². The predicted molar refractivity (Wildman–Crippen MR) is 86.2 cm³/mol. The van der Waals surface area contributed by atoms with E-state index in [1.807, 2.05) is 24.3 Å². The van der Waals surface area contributed by atoms with Gasteiger partial charge in [0.2, 0.25) is 0 Å². The molecule has 5 heteroatoms. The van der Waals surface area contributed by atoms with E-state index in [1.165, 1.54) is 29.8 Å².